The molecule has 6 heteroatoms. The van der Waals surface area contributed by atoms with Crippen molar-refractivity contribution in [1.82, 2.24) is 19.9 Å². The molecule has 0 amide bonds. The predicted molar refractivity (Wildman–Crippen MR) is 191 cm³/mol. The maximum atomic E-state index is 6.53. The van der Waals surface area contributed by atoms with Gasteiger partial charge < -0.3 is 8.83 Å². The molecule has 48 heavy (non-hydrogen) atoms. The number of benzene rings is 7. The zero-order chi connectivity index (χ0) is 31.6. The molecule has 0 aliphatic rings. The second-order valence-corrected chi connectivity index (χ2v) is 11.9. The first-order valence-electron chi connectivity index (χ1n) is 15.8. The Morgan fingerprint density at radius 2 is 0.896 bits per heavy atom. The quantitative estimate of drug-likeness (QED) is 0.179. The lowest BCUT2D eigenvalue weighted by atomic mass is 9.96. The highest BCUT2D eigenvalue weighted by Crippen LogP contribution is 2.45. The van der Waals surface area contributed by atoms with Gasteiger partial charge in [-0.2, -0.15) is 0 Å². The van der Waals surface area contributed by atoms with Gasteiger partial charge in [0.15, 0.2) is 23.1 Å². The zero-order valence-corrected chi connectivity index (χ0v) is 25.5. The Balaban J connectivity index is 1.12. The first-order chi connectivity index (χ1) is 23.8. The predicted octanol–water partition coefficient (Wildman–Crippen LogP) is 10.8. The second kappa shape index (κ2) is 10.4. The minimum absolute atomic E-state index is 0.602. The Bertz CT molecular complexity index is 2700. The van der Waals surface area contributed by atoms with E-state index >= 15 is 0 Å². The normalized spacial score (nSPS) is 11.8. The standard InChI is InChI=1S/C42H24N4O2/c1-4-11-26(12-5-1)39-44-40(27-13-6-2-7-14-27)46-41(45-39)28-21-19-25(20-22-28)30-23-32-36-34(24-30)47-33-18-10-17-31(35(33)36)37-38(32)48-42(43-37)29-15-8-3-9-16-29/h1-24H. The van der Waals surface area contributed by atoms with Gasteiger partial charge in [-0.15, -0.1) is 0 Å². The molecule has 0 atom stereocenters. The van der Waals surface area contributed by atoms with Crippen LogP contribution in [-0.4, -0.2) is 19.9 Å². The number of rotatable bonds is 5. The number of furan rings is 1. The SMILES string of the molecule is c1ccc(-c2nc(-c3ccccc3)nc(-c3ccc(-c4cc5oc6cccc7c8nc(-c9ccccc9)oc8c(c4)c5c67)cc3)n2)cc1. The van der Waals surface area contributed by atoms with Crippen molar-refractivity contribution >= 4 is 43.8 Å². The first kappa shape index (κ1) is 26.5. The van der Waals surface area contributed by atoms with Gasteiger partial charge in [0.05, 0.1) is 0 Å². The van der Waals surface area contributed by atoms with Gasteiger partial charge in [-0.05, 0) is 41.5 Å². The van der Waals surface area contributed by atoms with Crippen molar-refractivity contribution in [3.63, 3.8) is 0 Å². The fraction of sp³-hybridized carbons (Fsp3) is 0. The summed E-state index contributed by atoms with van der Waals surface area (Å²) in [6, 6.07) is 48.8. The van der Waals surface area contributed by atoms with Gasteiger partial charge in [0.2, 0.25) is 5.89 Å². The molecule has 0 bridgehead atoms. The number of aromatic nitrogens is 4. The molecule has 0 fully saturated rings. The minimum atomic E-state index is 0.602. The van der Waals surface area contributed by atoms with Crippen LogP contribution in [0.15, 0.2) is 154 Å². The van der Waals surface area contributed by atoms with Crippen molar-refractivity contribution in [2.75, 3.05) is 0 Å². The molecule has 7 aromatic carbocycles. The summed E-state index contributed by atoms with van der Waals surface area (Å²) in [5, 5.41) is 4.13. The number of oxazole rings is 1. The summed E-state index contributed by atoms with van der Waals surface area (Å²) in [7, 11) is 0. The van der Waals surface area contributed by atoms with E-state index in [1.165, 1.54) is 0 Å². The van der Waals surface area contributed by atoms with Crippen molar-refractivity contribution < 1.29 is 8.83 Å². The van der Waals surface area contributed by atoms with Gasteiger partial charge in [-0.25, -0.2) is 19.9 Å². The highest BCUT2D eigenvalue weighted by atomic mass is 16.3. The Labute approximate surface area is 274 Å². The van der Waals surface area contributed by atoms with E-state index < -0.39 is 0 Å². The molecule has 10 aromatic rings. The highest BCUT2D eigenvalue weighted by molar-refractivity contribution is 6.31. The Hall–Kier alpha value is -6.66. The van der Waals surface area contributed by atoms with Crippen LogP contribution in [0, 0.1) is 0 Å². The van der Waals surface area contributed by atoms with Gasteiger partial charge in [-0.1, -0.05) is 115 Å². The van der Waals surface area contributed by atoms with Crippen LogP contribution in [0.5, 0.6) is 0 Å². The van der Waals surface area contributed by atoms with Crippen molar-refractivity contribution in [2.24, 2.45) is 0 Å². The van der Waals surface area contributed by atoms with E-state index in [2.05, 4.69) is 42.5 Å². The summed E-state index contributed by atoms with van der Waals surface area (Å²) < 4.78 is 13.0. The highest BCUT2D eigenvalue weighted by Gasteiger charge is 2.22. The number of hydrogen-bond donors (Lipinski definition) is 0. The molecular formula is C42H24N4O2. The number of fused-ring (bicyclic) bond motifs is 3. The molecule has 3 aromatic heterocycles. The van der Waals surface area contributed by atoms with Crippen molar-refractivity contribution in [3.05, 3.63) is 146 Å². The Morgan fingerprint density at radius 1 is 0.354 bits per heavy atom. The first-order valence-corrected chi connectivity index (χ1v) is 15.8. The van der Waals surface area contributed by atoms with Gasteiger partial charge in [-0.3, -0.25) is 0 Å². The number of hydrogen-bond acceptors (Lipinski definition) is 6. The van der Waals surface area contributed by atoms with E-state index in [-0.39, 0.29) is 0 Å². The van der Waals surface area contributed by atoms with E-state index in [1.54, 1.807) is 0 Å². The monoisotopic (exact) mass is 616 g/mol. The van der Waals surface area contributed by atoms with Crippen LogP contribution in [-0.2, 0) is 0 Å². The van der Waals surface area contributed by atoms with Crippen molar-refractivity contribution in [1.29, 1.82) is 0 Å². The third kappa shape index (κ3) is 4.20. The molecule has 3 heterocycles. The molecule has 0 N–H and O–H groups in total. The maximum absolute atomic E-state index is 6.53. The van der Waals surface area contributed by atoms with E-state index in [0.29, 0.717) is 23.4 Å². The lowest BCUT2D eigenvalue weighted by Gasteiger charge is -2.09. The minimum Gasteiger partial charge on any atom is -0.456 e. The second-order valence-electron chi connectivity index (χ2n) is 11.9. The summed E-state index contributed by atoms with van der Waals surface area (Å²) in [5.74, 6) is 2.49. The lowest BCUT2D eigenvalue weighted by molar-refractivity contribution is 0.623. The van der Waals surface area contributed by atoms with Crippen LogP contribution in [0.4, 0.5) is 0 Å². The third-order valence-electron chi connectivity index (χ3n) is 8.92. The van der Waals surface area contributed by atoms with Crippen LogP contribution in [0.1, 0.15) is 0 Å². The molecule has 0 radical (unpaired) electrons. The van der Waals surface area contributed by atoms with E-state index in [1.807, 2.05) is 103 Å². The lowest BCUT2D eigenvalue weighted by Crippen LogP contribution is -2.00. The maximum Gasteiger partial charge on any atom is 0.227 e. The van der Waals surface area contributed by atoms with Gasteiger partial charge >= 0.3 is 0 Å². The molecule has 0 spiro atoms. The zero-order valence-electron chi connectivity index (χ0n) is 25.5. The number of nitrogens with zero attached hydrogens (tertiary/aromatic N) is 4. The molecule has 6 nitrogen and oxygen atoms in total. The summed E-state index contributed by atoms with van der Waals surface area (Å²) in [6.07, 6.45) is 0. The molecule has 0 unspecified atom stereocenters. The summed E-state index contributed by atoms with van der Waals surface area (Å²) in [5.41, 5.74) is 9.01. The van der Waals surface area contributed by atoms with Crippen LogP contribution in [0.3, 0.4) is 0 Å². The average Bonchev–Trinajstić information content (AvgIpc) is 3.79. The summed E-state index contributed by atoms with van der Waals surface area (Å²) in [4.78, 5) is 19.6. The molecule has 0 saturated carbocycles. The largest absolute Gasteiger partial charge is 0.456 e. The molecule has 0 saturated heterocycles. The van der Waals surface area contributed by atoms with Crippen LogP contribution in [0.2, 0.25) is 0 Å². The molecule has 0 aliphatic carbocycles. The summed E-state index contributed by atoms with van der Waals surface area (Å²) in [6.45, 7) is 0. The van der Waals surface area contributed by atoms with Gasteiger partial charge in [0.1, 0.15) is 16.7 Å². The molecule has 10 rings (SSSR count). The molecule has 224 valence electrons. The topological polar surface area (TPSA) is 77.8 Å². The fourth-order valence-electron chi connectivity index (χ4n) is 6.63. The third-order valence-corrected chi connectivity index (χ3v) is 8.92. The van der Waals surface area contributed by atoms with Crippen LogP contribution >= 0.6 is 0 Å². The van der Waals surface area contributed by atoms with Gasteiger partial charge in [0, 0.05) is 43.8 Å². The van der Waals surface area contributed by atoms with Crippen molar-refractivity contribution in [2.45, 2.75) is 0 Å². The van der Waals surface area contributed by atoms with Crippen LogP contribution in [0.25, 0.3) is 101 Å². The van der Waals surface area contributed by atoms with E-state index in [9.17, 15) is 0 Å². The molecule has 0 aliphatic heterocycles. The van der Waals surface area contributed by atoms with Gasteiger partial charge in [0.25, 0.3) is 0 Å². The smallest absolute Gasteiger partial charge is 0.227 e. The Morgan fingerprint density at radius 3 is 1.52 bits per heavy atom. The van der Waals surface area contributed by atoms with E-state index in [0.717, 1.165) is 77.2 Å². The Kier molecular flexibility index (Phi) is 5.77. The fourth-order valence-corrected chi connectivity index (χ4v) is 6.63. The van der Waals surface area contributed by atoms with Crippen LogP contribution < -0.4 is 0 Å². The van der Waals surface area contributed by atoms with E-state index in [4.69, 9.17) is 28.8 Å². The summed E-state index contributed by atoms with van der Waals surface area (Å²) >= 11 is 0. The average molecular weight is 617 g/mol. The van der Waals surface area contributed by atoms with Crippen molar-refractivity contribution in [3.8, 4) is 56.7 Å². The molecular weight excluding hydrogens is 592 g/mol.